The second-order valence-corrected chi connectivity index (χ2v) is 6.91. The van der Waals surface area contributed by atoms with E-state index >= 15 is 0 Å². The second kappa shape index (κ2) is 6.15. The zero-order valence-electron chi connectivity index (χ0n) is 10.8. The zero-order chi connectivity index (χ0) is 14.6. The molecule has 1 aromatic heterocycles. The number of nitrogens with one attached hydrogen (secondary N) is 1. The van der Waals surface area contributed by atoms with E-state index in [0.29, 0.717) is 0 Å². The lowest BCUT2D eigenvalue weighted by atomic mass is 10.4. The van der Waals surface area contributed by atoms with Gasteiger partial charge >= 0.3 is 0 Å². The lowest BCUT2D eigenvalue weighted by Crippen LogP contribution is -2.32. The molecule has 0 radical (unpaired) electrons. The van der Waals surface area contributed by atoms with Crippen LogP contribution in [-0.4, -0.2) is 18.8 Å². The molecule has 0 amide bonds. The number of sulfonamides is 1. The first-order chi connectivity index (χ1) is 9.53. The van der Waals surface area contributed by atoms with Gasteiger partial charge in [-0.05, 0) is 24.0 Å². The Morgan fingerprint density at radius 1 is 1.20 bits per heavy atom. The summed E-state index contributed by atoms with van der Waals surface area (Å²) in [5, 5.41) is 0. The summed E-state index contributed by atoms with van der Waals surface area (Å²) in [5.74, 6) is 0.846. The van der Waals surface area contributed by atoms with Crippen LogP contribution in [0.5, 0.6) is 0 Å². The van der Waals surface area contributed by atoms with Gasteiger partial charge in [-0.1, -0.05) is 25.1 Å². The molecule has 0 aliphatic heterocycles. The van der Waals surface area contributed by atoms with Gasteiger partial charge in [0.05, 0.1) is 4.90 Å². The zero-order valence-corrected chi connectivity index (χ0v) is 12.4. The fourth-order valence-corrected chi connectivity index (χ4v) is 3.28. The maximum atomic E-state index is 12.1. The number of aromatic nitrogens is 1. The normalized spacial score (nSPS) is 11.2. The standard InChI is InChI=1S/C13H14N2O3S2/c1-2-19-11-8-9-15(13(16)10-11)14-20(17,18)12-6-4-3-5-7-12/h3-10,14H,2H2,1H3. The first kappa shape index (κ1) is 14.7. The minimum atomic E-state index is -3.75. The van der Waals surface area contributed by atoms with Crippen LogP contribution in [0.4, 0.5) is 0 Å². The number of pyridine rings is 1. The minimum Gasteiger partial charge on any atom is -0.267 e. The highest BCUT2D eigenvalue weighted by Gasteiger charge is 2.13. The van der Waals surface area contributed by atoms with Crippen molar-refractivity contribution in [1.82, 2.24) is 4.68 Å². The molecule has 2 aromatic rings. The van der Waals surface area contributed by atoms with E-state index in [1.807, 2.05) is 6.92 Å². The number of hydrogen-bond donors (Lipinski definition) is 1. The predicted molar refractivity (Wildman–Crippen MR) is 80.1 cm³/mol. The summed E-state index contributed by atoms with van der Waals surface area (Å²) in [7, 11) is -3.75. The maximum absolute atomic E-state index is 12.1. The summed E-state index contributed by atoms with van der Waals surface area (Å²) in [6.45, 7) is 1.98. The van der Waals surface area contributed by atoms with Gasteiger partial charge in [-0.3, -0.25) is 4.79 Å². The molecule has 0 bridgehead atoms. The van der Waals surface area contributed by atoms with E-state index in [2.05, 4.69) is 4.83 Å². The number of hydrogen-bond acceptors (Lipinski definition) is 4. The Morgan fingerprint density at radius 2 is 1.90 bits per heavy atom. The monoisotopic (exact) mass is 310 g/mol. The SMILES string of the molecule is CCSc1ccn(NS(=O)(=O)c2ccccc2)c(=O)c1. The molecule has 1 aromatic carbocycles. The Labute approximate surface area is 121 Å². The molecule has 5 nitrogen and oxygen atoms in total. The van der Waals surface area contributed by atoms with E-state index in [1.54, 1.807) is 24.3 Å². The van der Waals surface area contributed by atoms with Crippen molar-refractivity contribution in [3.05, 3.63) is 59.0 Å². The van der Waals surface area contributed by atoms with Gasteiger partial charge < -0.3 is 0 Å². The second-order valence-electron chi connectivity index (χ2n) is 3.91. The van der Waals surface area contributed by atoms with Gasteiger partial charge in [-0.25, -0.2) is 9.51 Å². The fourth-order valence-electron chi connectivity index (χ4n) is 1.57. The molecule has 0 saturated heterocycles. The number of rotatable bonds is 5. The molecule has 7 heteroatoms. The predicted octanol–water partition coefficient (Wildman–Crippen LogP) is 1.89. The molecule has 2 rings (SSSR count). The highest BCUT2D eigenvalue weighted by Crippen LogP contribution is 2.14. The minimum absolute atomic E-state index is 0.110. The van der Waals surface area contributed by atoms with Crippen molar-refractivity contribution in [3.8, 4) is 0 Å². The number of nitrogens with zero attached hydrogens (tertiary/aromatic N) is 1. The number of benzene rings is 1. The summed E-state index contributed by atoms with van der Waals surface area (Å²) in [6, 6.07) is 11.0. The van der Waals surface area contributed by atoms with Gasteiger partial charge in [-0.2, -0.15) is 8.42 Å². The van der Waals surface area contributed by atoms with Crippen molar-refractivity contribution in [1.29, 1.82) is 0 Å². The van der Waals surface area contributed by atoms with Gasteiger partial charge in [0.15, 0.2) is 0 Å². The highest BCUT2D eigenvalue weighted by atomic mass is 32.2. The molecule has 1 heterocycles. The van der Waals surface area contributed by atoms with Crippen LogP contribution in [0.25, 0.3) is 0 Å². The molecule has 0 saturated carbocycles. The lowest BCUT2D eigenvalue weighted by molar-refractivity contribution is 0.594. The van der Waals surface area contributed by atoms with Crippen LogP contribution in [0.3, 0.4) is 0 Å². The van der Waals surface area contributed by atoms with Gasteiger partial charge in [-0.15, -0.1) is 11.8 Å². The van der Waals surface area contributed by atoms with Crippen molar-refractivity contribution in [2.45, 2.75) is 16.7 Å². The first-order valence-electron chi connectivity index (χ1n) is 5.96. The molecule has 0 spiro atoms. The van der Waals surface area contributed by atoms with E-state index in [4.69, 9.17) is 0 Å². The Kier molecular flexibility index (Phi) is 4.51. The van der Waals surface area contributed by atoms with Gasteiger partial charge in [0.1, 0.15) is 0 Å². The molecular formula is C13H14N2O3S2. The molecule has 20 heavy (non-hydrogen) atoms. The third-order valence-electron chi connectivity index (χ3n) is 2.47. The molecule has 0 aliphatic rings. The fraction of sp³-hybridized carbons (Fsp3) is 0.154. The van der Waals surface area contributed by atoms with Crippen LogP contribution in [0, 0.1) is 0 Å². The van der Waals surface area contributed by atoms with Crippen LogP contribution in [0.1, 0.15) is 6.92 Å². The van der Waals surface area contributed by atoms with Crippen molar-refractivity contribution in [2.75, 3.05) is 10.6 Å². The molecular weight excluding hydrogens is 296 g/mol. The van der Waals surface area contributed by atoms with Crippen LogP contribution in [0.15, 0.2) is 63.2 Å². The smallest absolute Gasteiger partial charge is 0.267 e. The van der Waals surface area contributed by atoms with Crippen LogP contribution < -0.4 is 10.4 Å². The molecule has 0 aliphatic carbocycles. The average molecular weight is 310 g/mol. The molecule has 106 valence electrons. The quantitative estimate of drug-likeness (QED) is 0.856. The highest BCUT2D eigenvalue weighted by molar-refractivity contribution is 7.99. The Bertz CT molecular complexity index is 740. The molecule has 0 unspecified atom stereocenters. The van der Waals surface area contributed by atoms with Gasteiger partial charge in [0.2, 0.25) is 0 Å². The average Bonchev–Trinajstić information content (AvgIpc) is 2.43. The third kappa shape index (κ3) is 3.43. The van der Waals surface area contributed by atoms with Crippen molar-refractivity contribution < 1.29 is 8.42 Å². The first-order valence-corrected chi connectivity index (χ1v) is 8.43. The Hall–Kier alpha value is -1.73. The summed E-state index contributed by atoms with van der Waals surface area (Å²) >= 11 is 1.52. The van der Waals surface area contributed by atoms with E-state index in [-0.39, 0.29) is 4.90 Å². The van der Waals surface area contributed by atoms with Crippen LogP contribution >= 0.6 is 11.8 Å². The summed E-state index contributed by atoms with van der Waals surface area (Å²) < 4.78 is 25.1. The summed E-state index contributed by atoms with van der Waals surface area (Å²) in [6.07, 6.45) is 1.42. The van der Waals surface area contributed by atoms with Crippen molar-refractivity contribution in [2.24, 2.45) is 0 Å². The van der Waals surface area contributed by atoms with E-state index in [1.165, 1.54) is 36.2 Å². The topological polar surface area (TPSA) is 68.2 Å². The van der Waals surface area contributed by atoms with Gasteiger partial charge in [0.25, 0.3) is 15.6 Å². The van der Waals surface area contributed by atoms with Crippen LogP contribution in [-0.2, 0) is 10.0 Å². The number of thioether (sulfide) groups is 1. The van der Waals surface area contributed by atoms with E-state index < -0.39 is 15.6 Å². The largest absolute Gasteiger partial charge is 0.275 e. The Morgan fingerprint density at radius 3 is 2.50 bits per heavy atom. The maximum Gasteiger partial charge on any atom is 0.275 e. The van der Waals surface area contributed by atoms with Crippen LogP contribution in [0.2, 0.25) is 0 Å². The Balaban J connectivity index is 2.29. The molecule has 0 atom stereocenters. The third-order valence-corrected chi connectivity index (χ3v) is 4.68. The summed E-state index contributed by atoms with van der Waals surface area (Å²) in [5.41, 5.74) is -0.414. The summed E-state index contributed by atoms with van der Waals surface area (Å²) in [4.78, 5) is 15.0. The van der Waals surface area contributed by atoms with E-state index in [0.717, 1.165) is 15.3 Å². The molecule has 1 N–H and O–H groups in total. The van der Waals surface area contributed by atoms with Gasteiger partial charge in [0, 0.05) is 17.2 Å². The van der Waals surface area contributed by atoms with Crippen molar-refractivity contribution in [3.63, 3.8) is 0 Å². The lowest BCUT2D eigenvalue weighted by Gasteiger charge is -2.10. The van der Waals surface area contributed by atoms with E-state index in [9.17, 15) is 13.2 Å². The van der Waals surface area contributed by atoms with Crippen molar-refractivity contribution >= 4 is 21.8 Å². The molecule has 0 fully saturated rings.